The normalized spacial score (nSPS) is 12.6. The highest BCUT2D eigenvalue weighted by atomic mass is 32.2. The number of hydrogen-bond donors (Lipinski definition) is 3. The number of rotatable bonds is 12. The summed E-state index contributed by atoms with van der Waals surface area (Å²) in [5.74, 6) is -1.02. The van der Waals surface area contributed by atoms with E-state index in [9.17, 15) is 37.7 Å². The minimum Gasteiger partial charge on any atom is -0.480 e. The van der Waals surface area contributed by atoms with Crippen LogP contribution in [0.3, 0.4) is 0 Å². The minimum absolute atomic E-state index is 0.0173. The summed E-state index contributed by atoms with van der Waals surface area (Å²) in [4.78, 5) is 31.5. The monoisotopic (exact) mass is 694 g/mol. The zero-order valence-electron chi connectivity index (χ0n) is 26.6. The van der Waals surface area contributed by atoms with Crippen LogP contribution in [0.4, 0.5) is 17.6 Å². The van der Waals surface area contributed by atoms with Crippen molar-refractivity contribution in [2.45, 2.75) is 49.4 Å². The summed E-state index contributed by atoms with van der Waals surface area (Å²) >= 11 is 1.30. The quantitative estimate of drug-likeness (QED) is 0.0521. The molecule has 1 aliphatic rings. The molecule has 1 aliphatic carbocycles. The van der Waals surface area contributed by atoms with Gasteiger partial charge in [0.05, 0.1) is 31.7 Å². The van der Waals surface area contributed by atoms with Crippen LogP contribution >= 0.6 is 11.8 Å². The first-order valence-electron chi connectivity index (χ1n) is 15.4. The summed E-state index contributed by atoms with van der Waals surface area (Å²) in [7, 11) is 1.56. The molecule has 0 unspecified atom stereocenters. The molecule has 0 fully saturated rings. The summed E-state index contributed by atoms with van der Waals surface area (Å²) in [6.07, 6.45) is -2.49. The van der Waals surface area contributed by atoms with Gasteiger partial charge in [0.15, 0.2) is 5.16 Å². The van der Waals surface area contributed by atoms with Gasteiger partial charge < -0.3 is 14.6 Å². The molecule has 14 heteroatoms. The van der Waals surface area contributed by atoms with Crippen LogP contribution in [0.15, 0.2) is 82.7 Å². The number of halogens is 4. The topological polar surface area (TPSA) is 126 Å². The van der Waals surface area contributed by atoms with E-state index in [0.717, 1.165) is 29.8 Å². The van der Waals surface area contributed by atoms with Crippen LogP contribution in [-0.4, -0.2) is 62.2 Å². The van der Waals surface area contributed by atoms with Crippen molar-refractivity contribution < 1.29 is 27.5 Å². The number of carboxylic acid groups (broad SMARTS) is 1. The molecule has 0 atom stereocenters. The largest absolute Gasteiger partial charge is 0.480 e. The lowest BCUT2D eigenvalue weighted by Crippen LogP contribution is -2.44. The highest BCUT2D eigenvalue weighted by molar-refractivity contribution is 7.98. The zero-order chi connectivity index (χ0) is 35.3. The standard InChI is InChI=1S/C35H34F4N6O3S/c1-43(20-32(46)47)18-30(40)45(17-22-5-9-24(10-6-22)25-11-13-26(14-12-25)35(37,38)39)31(41)19-44-29-4-2-3-28(29)33(48)42-34(44)49-21-23-7-15-27(36)16-8-23/h5-16,40-41H,2-4,17-21H2,1H3,(H,46,47). The Morgan fingerprint density at radius 3 is 2.14 bits per heavy atom. The SMILES string of the molecule is CN(CC(=N)N(Cc1ccc(-c2ccc(C(F)(F)F)cc2)cc1)C(=N)Cn1c(SCc2ccc(F)cc2)nc(=O)c2c1CCC2)CC(=O)O. The molecule has 0 saturated carbocycles. The first kappa shape index (κ1) is 35.5. The number of fused-ring (bicyclic) bond motifs is 1. The van der Waals surface area contributed by atoms with Crippen molar-refractivity contribution in [3.05, 3.63) is 117 Å². The van der Waals surface area contributed by atoms with Gasteiger partial charge in [-0.05, 0) is 72.8 Å². The average Bonchev–Trinajstić information content (AvgIpc) is 3.55. The third kappa shape index (κ3) is 9.00. The van der Waals surface area contributed by atoms with Gasteiger partial charge in [0.25, 0.3) is 5.56 Å². The summed E-state index contributed by atoms with van der Waals surface area (Å²) < 4.78 is 54.4. The van der Waals surface area contributed by atoms with Gasteiger partial charge in [0.1, 0.15) is 17.5 Å². The molecule has 256 valence electrons. The van der Waals surface area contributed by atoms with Crippen LogP contribution in [0, 0.1) is 16.6 Å². The molecule has 0 saturated heterocycles. The lowest BCUT2D eigenvalue weighted by Gasteiger charge is -2.29. The number of aliphatic carboxylic acids is 1. The molecule has 3 aromatic carbocycles. The Hall–Kier alpha value is -4.82. The number of thioether (sulfide) groups is 1. The third-order valence-corrected chi connectivity index (χ3v) is 9.15. The first-order valence-corrected chi connectivity index (χ1v) is 16.4. The Bertz CT molecular complexity index is 1900. The fourth-order valence-corrected chi connectivity index (χ4v) is 6.61. The van der Waals surface area contributed by atoms with E-state index in [4.69, 9.17) is 5.41 Å². The van der Waals surface area contributed by atoms with E-state index < -0.39 is 17.7 Å². The van der Waals surface area contributed by atoms with Crippen LogP contribution in [-0.2, 0) is 42.7 Å². The van der Waals surface area contributed by atoms with E-state index in [0.29, 0.717) is 46.0 Å². The Morgan fingerprint density at radius 1 is 0.918 bits per heavy atom. The van der Waals surface area contributed by atoms with E-state index in [1.54, 1.807) is 43.4 Å². The first-order chi connectivity index (χ1) is 23.3. The fourth-order valence-electron chi connectivity index (χ4n) is 5.64. The van der Waals surface area contributed by atoms with Gasteiger partial charge in [0, 0.05) is 17.0 Å². The maximum absolute atomic E-state index is 13.5. The van der Waals surface area contributed by atoms with Crippen LogP contribution < -0.4 is 5.56 Å². The number of carboxylic acids is 1. The smallest absolute Gasteiger partial charge is 0.416 e. The van der Waals surface area contributed by atoms with Gasteiger partial charge in [0.2, 0.25) is 0 Å². The van der Waals surface area contributed by atoms with Crippen molar-refractivity contribution in [1.82, 2.24) is 19.4 Å². The molecule has 1 aromatic heterocycles. The van der Waals surface area contributed by atoms with Gasteiger partial charge in [-0.15, -0.1) is 0 Å². The molecule has 9 nitrogen and oxygen atoms in total. The number of benzene rings is 3. The van der Waals surface area contributed by atoms with Crippen molar-refractivity contribution in [1.29, 1.82) is 10.8 Å². The molecule has 0 aliphatic heterocycles. The van der Waals surface area contributed by atoms with E-state index >= 15 is 0 Å². The molecular weight excluding hydrogens is 660 g/mol. The third-order valence-electron chi connectivity index (χ3n) is 8.11. The summed E-state index contributed by atoms with van der Waals surface area (Å²) in [5.41, 5.74) is 3.14. The summed E-state index contributed by atoms with van der Waals surface area (Å²) in [6.45, 7) is -0.312. The maximum Gasteiger partial charge on any atom is 0.416 e. The van der Waals surface area contributed by atoms with Crippen molar-refractivity contribution in [3.8, 4) is 11.1 Å². The van der Waals surface area contributed by atoms with Gasteiger partial charge in [-0.2, -0.15) is 18.2 Å². The fraction of sp³-hybridized carbons (Fsp3) is 0.286. The number of likely N-dealkylation sites (N-methyl/N-ethyl adjacent to an activating group) is 1. The maximum atomic E-state index is 13.5. The van der Waals surface area contributed by atoms with Gasteiger partial charge in [-0.3, -0.25) is 25.3 Å². The number of aromatic nitrogens is 2. The average molecular weight is 695 g/mol. The van der Waals surface area contributed by atoms with Crippen LogP contribution in [0.5, 0.6) is 0 Å². The number of nitrogens with one attached hydrogen (secondary N) is 2. The predicted molar refractivity (Wildman–Crippen MR) is 179 cm³/mol. The van der Waals surface area contributed by atoms with Crippen LogP contribution in [0.25, 0.3) is 11.1 Å². The Labute approximate surface area is 284 Å². The summed E-state index contributed by atoms with van der Waals surface area (Å²) in [6, 6.07) is 17.9. The van der Waals surface area contributed by atoms with E-state index in [1.165, 1.54) is 45.8 Å². The molecule has 3 N–H and O–H groups in total. The van der Waals surface area contributed by atoms with Gasteiger partial charge in [-0.25, -0.2) is 4.39 Å². The molecule has 0 bridgehead atoms. The summed E-state index contributed by atoms with van der Waals surface area (Å²) in [5, 5.41) is 27.8. The Kier molecular flexibility index (Phi) is 11.0. The second-order valence-electron chi connectivity index (χ2n) is 11.8. The molecule has 5 rings (SSSR count). The second-order valence-corrected chi connectivity index (χ2v) is 12.7. The lowest BCUT2D eigenvalue weighted by molar-refractivity contribution is -0.138. The second kappa shape index (κ2) is 15.2. The highest BCUT2D eigenvalue weighted by Crippen LogP contribution is 2.31. The predicted octanol–water partition coefficient (Wildman–Crippen LogP) is 6.32. The molecule has 0 spiro atoms. The number of alkyl halides is 3. The van der Waals surface area contributed by atoms with Gasteiger partial charge in [-0.1, -0.05) is 60.3 Å². The van der Waals surface area contributed by atoms with Crippen molar-refractivity contribution >= 4 is 29.4 Å². The molecular formula is C35H34F4N6O3S. The zero-order valence-corrected chi connectivity index (χ0v) is 27.4. The molecule has 49 heavy (non-hydrogen) atoms. The van der Waals surface area contributed by atoms with Crippen molar-refractivity contribution in [2.75, 3.05) is 20.1 Å². The van der Waals surface area contributed by atoms with E-state index in [2.05, 4.69) is 4.98 Å². The molecule has 1 heterocycles. The number of carbonyl (C=O) groups is 1. The minimum atomic E-state index is -4.44. The number of hydrogen-bond acceptors (Lipinski definition) is 7. The number of nitrogens with zero attached hydrogens (tertiary/aromatic N) is 4. The van der Waals surface area contributed by atoms with E-state index in [1.807, 2.05) is 4.57 Å². The Morgan fingerprint density at radius 2 is 1.53 bits per heavy atom. The van der Waals surface area contributed by atoms with Crippen LogP contribution in [0.1, 0.15) is 34.4 Å². The highest BCUT2D eigenvalue weighted by Gasteiger charge is 2.30. The lowest BCUT2D eigenvalue weighted by atomic mass is 10.0. The molecule has 4 aromatic rings. The Balaban J connectivity index is 1.41. The van der Waals surface area contributed by atoms with Crippen LogP contribution in [0.2, 0.25) is 0 Å². The van der Waals surface area contributed by atoms with E-state index in [-0.39, 0.29) is 49.2 Å². The van der Waals surface area contributed by atoms with Crippen molar-refractivity contribution in [3.63, 3.8) is 0 Å². The number of amidine groups is 2. The molecule has 0 amide bonds. The van der Waals surface area contributed by atoms with Crippen molar-refractivity contribution in [2.24, 2.45) is 0 Å². The van der Waals surface area contributed by atoms with Gasteiger partial charge >= 0.3 is 12.1 Å². The molecule has 0 radical (unpaired) electrons.